The second kappa shape index (κ2) is 8.44. The van der Waals surface area contributed by atoms with Gasteiger partial charge in [-0.3, -0.25) is 0 Å². The van der Waals surface area contributed by atoms with Crippen molar-refractivity contribution >= 4 is 0 Å². The number of benzene rings is 1. The fourth-order valence-electron chi connectivity index (χ4n) is 1.86. The number of hydrogen-bond donors (Lipinski definition) is 1. The molecule has 1 rings (SSSR count). The van der Waals surface area contributed by atoms with E-state index in [-0.39, 0.29) is 0 Å². The van der Waals surface area contributed by atoms with Crippen molar-refractivity contribution in [2.24, 2.45) is 0 Å². The molecule has 104 valence electrons. The van der Waals surface area contributed by atoms with E-state index < -0.39 is 0 Å². The summed E-state index contributed by atoms with van der Waals surface area (Å²) in [5.41, 5.74) is 1.17. The number of ether oxygens (including phenoxy) is 2. The molecule has 0 aliphatic rings. The number of nitrogens with one attached hydrogen (secondary N) is 1. The maximum absolute atomic E-state index is 5.56. The molecule has 0 bridgehead atoms. The van der Waals surface area contributed by atoms with Crippen LogP contribution in [0.3, 0.4) is 0 Å². The van der Waals surface area contributed by atoms with E-state index in [0.717, 1.165) is 30.9 Å². The molecule has 3 nitrogen and oxygen atoms in total. The Kier molecular flexibility index (Phi) is 6.84. The zero-order valence-electron chi connectivity index (χ0n) is 12.0. The minimum Gasteiger partial charge on any atom is -0.493 e. The van der Waals surface area contributed by atoms with Crippen LogP contribution in [0.25, 0.3) is 0 Å². The third-order valence-corrected chi connectivity index (χ3v) is 2.98. The molecule has 0 saturated heterocycles. The molecule has 1 atom stereocenters. The van der Waals surface area contributed by atoms with Gasteiger partial charge in [0, 0.05) is 19.0 Å². The van der Waals surface area contributed by atoms with Gasteiger partial charge in [0.25, 0.3) is 0 Å². The van der Waals surface area contributed by atoms with Crippen LogP contribution < -0.4 is 14.8 Å². The minimum absolute atomic E-state index is 0.364. The molecule has 1 aromatic carbocycles. The molecule has 1 aromatic rings. The molecule has 0 amide bonds. The molecular formula is C16H23NO2. The summed E-state index contributed by atoms with van der Waals surface area (Å²) in [4.78, 5) is 0. The van der Waals surface area contributed by atoms with Crippen molar-refractivity contribution < 1.29 is 9.47 Å². The Morgan fingerprint density at radius 2 is 2.11 bits per heavy atom. The van der Waals surface area contributed by atoms with Crippen molar-refractivity contribution in [2.45, 2.75) is 39.3 Å². The molecule has 0 radical (unpaired) electrons. The topological polar surface area (TPSA) is 30.5 Å². The van der Waals surface area contributed by atoms with Gasteiger partial charge >= 0.3 is 0 Å². The van der Waals surface area contributed by atoms with Gasteiger partial charge in [-0.25, -0.2) is 0 Å². The Bertz CT molecular complexity index is 423. The van der Waals surface area contributed by atoms with Gasteiger partial charge in [-0.2, -0.15) is 0 Å². The van der Waals surface area contributed by atoms with E-state index in [9.17, 15) is 0 Å². The molecule has 1 N–H and O–H groups in total. The summed E-state index contributed by atoms with van der Waals surface area (Å²) < 4.78 is 10.8. The average Bonchev–Trinajstić information content (AvgIpc) is 2.44. The van der Waals surface area contributed by atoms with Crippen molar-refractivity contribution in [2.75, 3.05) is 13.7 Å². The molecule has 0 fully saturated rings. The summed E-state index contributed by atoms with van der Waals surface area (Å²) in [6.07, 6.45) is 7.13. The van der Waals surface area contributed by atoms with Crippen molar-refractivity contribution in [3.05, 3.63) is 23.8 Å². The number of rotatable bonds is 8. The van der Waals surface area contributed by atoms with E-state index >= 15 is 0 Å². The van der Waals surface area contributed by atoms with Crippen LogP contribution in [0, 0.1) is 12.3 Å². The maximum Gasteiger partial charge on any atom is 0.161 e. The number of methoxy groups -OCH3 is 1. The SMILES string of the molecule is C#CCC(CC)NCc1ccc(OC)c(OCC)c1. The van der Waals surface area contributed by atoms with Gasteiger partial charge in [0.05, 0.1) is 13.7 Å². The zero-order valence-corrected chi connectivity index (χ0v) is 12.0. The fourth-order valence-corrected chi connectivity index (χ4v) is 1.86. The van der Waals surface area contributed by atoms with Crippen LogP contribution in [0.1, 0.15) is 32.3 Å². The highest BCUT2D eigenvalue weighted by Crippen LogP contribution is 2.28. The predicted octanol–water partition coefficient (Wildman–Crippen LogP) is 2.99. The predicted molar refractivity (Wildman–Crippen MR) is 78.5 cm³/mol. The first-order chi connectivity index (χ1) is 9.24. The van der Waals surface area contributed by atoms with Gasteiger partial charge in [-0.05, 0) is 31.0 Å². The Morgan fingerprint density at radius 1 is 1.32 bits per heavy atom. The van der Waals surface area contributed by atoms with Crippen LogP contribution in [0.4, 0.5) is 0 Å². The molecule has 0 aliphatic heterocycles. The highest BCUT2D eigenvalue weighted by Gasteiger charge is 2.07. The van der Waals surface area contributed by atoms with Crippen LogP contribution in [0.2, 0.25) is 0 Å². The Morgan fingerprint density at radius 3 is 2.68 bits per heavy atom. The average molecular weight is 261 g/mol. The van der Waals surface area contributed by atoms with Gasteiger partial charge in [0.1, 0.15) is 0 Å². The van der Waals surface area contributed by atoms with E-state index in [4.69, 9.17) is 15.9 Å². The monoisotopic (exact) mass is 261 g/mol. The quantitative estimate of drug-likeness (QED) is 0.730. The van der Waals surface area contributed by atoms with Gasteiger partial charge in [0.15, 0.2) is 11.5 Å². The van der Waals surface area contributed by atoms with E-state index in [0.29, 0.717) is 12.6 Å². The summed E-state index contributed by atoms with van der Waals surface area (Å²) in [7, 11) is 1.65. The van der Waals surface area contributed by atoms with E-state index in [1.165, 1.54) is 5.56 Å². The summed E-state index contributed by atoms with van der Waals surface area (Å²) >= 11 is 0. The normalized spacial score (nSPS) is 11.7. The third-order valence-electron chi connectivity index (χ3n) is 2.98. The van der Waals surface area contributed by atoms with Gasteiger partial charge in [-0.1, -0.05) is 13.0 Å². The van der Waals surface area contributed by atoms with Crippen LogP contribution in [-0.2, 0) is 6.54 Å². The van der Waals surface area contributed by atoms with E-state index in [1.54, 1.807) is 7.11 Å². The largest absolute Gasteiger partial charge is 0.493 e. The van der Waals surface area contributed by atoms with Crippen molar-refractivity contribution in [1.29, 1.82) is 0 Å². The van der Waals surface area contributed by atoms with Crippen molar-refractivity contribution in [3.63, 3.8) is 0 Å². The Balaban J connectivity index is 2.68. The lowest BCUT2D eigenvalue weighted by Gasteiger charge is -2.15. The molecule has 0 heterocycles. The Hall–Kier alpha value is -1.66. The lowest BCUT2D eigenvalue weighted by atomic mass is 10.1. The van der Waals surface area contributed by atoms with Gasteiger partial charge in [0.2, 0.25) is 0 Å². The molecule has 1 unspecified atom stereocenters. The molecule has 0 spiro atoms. The molecular weight excluding hydrogens is 238 g/mol. The van der Waals surface area contributed by atoms with Crippen LogP contribution in [0.15, 0.2) is 18.2 Å². The summed E-state index contributed by atoms with van der Waals surface area (Å²) in [5, 5.41) is 3.45. The second-order valence-electron chi connectivity index (χ2n) is 4.31. The van der Waals surface area contributed by atoms with Gasteiger partial charge in [-0.15, -0.1) is 12.3 Å². The molecule has 0 aromatic heterocycles. The maximum atomic E-state index is 5.56. The van der Waals surface area contributed by atoms with Crippen LogP contribution >= 0.6 is 0 Å². The smallest absolute Gasteiger partial charge is 0.161 e. The molecule has 0 saturated carbocycles. The number of hydrogen-bond acceptors (Lipinski definition) is 3. The summed E-state index contributed by atoms with van der Waals surface area (Å²) in [6, 6.07) is 6.35. The van der Waals surface area contributed by atoms with Crippen molar-refractivity contribution in [1.82, 2.24) is 5.32 Å². The first-order valence-corrected chi connectivity index (χ1v) is 6.71. The van der Waals surface area contributed by atoms with E-state index in [1.807, 2.05) is 25.1 Å². The van der Waals surface area contributed by atoms with E-state index in [2.05, 4.69) is 18.2 Å². The zero-order chi connectivity index (χ0) is 14.1. The summed E-state index contributed by atoms with van der Waals surface area (Å²) in [5.74, 6) is 4.25. The first kappa shape index (κ1) is 15.4. The number of terminal acetylenes is 1. The standard InChI is InChI=1S/C16H23NO2/c1-5-8-14(6-2)17-12-13-9-10-15(18-4)16(11-13)19-7-3/h1,9-11,14,17H,6-8,12H2,2-4H3. The first-order valence-electron chi connectivity index (χ1n) is 6.71. The Labute approximate surface area is 116 Å². The third kappa shape index (κ3) is 4.84. The fraction of sp³-hybridized carbons (Fsp3) is 0.500. The summed E-state index contributed by atoms with van der Waals surface area (Å²) in [6.45, 7) is 5.51. The van der Waals surface area contributed by atoms with Crippen LogP contribution in [0.5, 0.6) is 11.5 Å². The minimum atomic E-state index is 0.364. The highest BCUT2D eigenvalue weighted by atomic mass is 16.5. The van der Waals surface area contributed by atoms with Gasteiger partial charge < -0.3 is 14.8 Å². The lowest BCUT2D eigenvalue weighted by Crippen LogP contribution is -2.27. The van der Waals surface area contributed by atoms with Crippen LogP contribution in [-0.4, -0.2) is 19.8 Å². The molecule has 19 heavy (non-hydrogen) atoms. The molecule has 0 aliphatic carbocycles. The molecule has 3 heteroatoms. The lowest BCUT2D eigenvalue weighted by molar-refractivity contribution is 0.310. The second-order valence-corrected chi connectivity index (χ2v) is 4.31. The highest BCUT2D eigenvalue weighted by molar-refractivity contribution is 5.42. The van der Waals surface area contributed by atoms with Crippen molar-refractivity contribution in [3.8, 4) is 23.8 Å².